The van der Waals surface area contributed by atoms with Crippen molar-refractivity contribution in [3.8, 4) is 11.5 Å². The molecule has 0 aliphatic heterocycles. The fraction of sp³-hybridized carbons (Fsp3) is 0.300. The van der Waals surface area contributed by atoms with Gasteiger partial charge in [-0.25, -0.2) is 0 Å². The summed E-state index contributed by atoms with van der Waals surface area (Å²) >= 11 is 0. The molecule has 0 aliphatic rings. The van der Waals surface area contributed by atoms with Gasteiger partial charge < -0.3 is 15.0 Å². The van der Waals surface area contributed by atoms with Crippen molar-refractivity contribution in [3.63, 3.8) is 0 Å². The van der Waals surface area contributed by atoms with Gasteiger partial charge in [0.25, 0.3) is 5.89 Å². The Bertz CT molecular complexity index is 439. The number of nitrogens with two attached hydrogens (primary N) is 1. The molecule has 0 saturated carbocycles. The van der Waals surface area contributed by atoms with Crippen LogP contribution in [0.1, 0.15) is 12.0 Å². The molecule has 2 heterocycles. The topological polar surface area (TPSA) is 87.1 Å². The van der Waals surface area contributed by atoms with Crippen molar-refractivity contribution in [2.24, 2.45) is 5.73 Å². The molecule has 2 aromatic rings. The first kappa shape index (κ1) is 10.7. The first-order valence-electron chi connectivity index (χ1n) is 4.83. The zero-order valence-corrected chi connectivity index (χ0v) is 8.83. The number of hydrogen-bond acceptors (Lipinski definition) is 6. The van der Waals surface area contributed by atoms with Gasteiger partial charge >= 0.3 is 0 Å². The summed E-state index contributed by atoms with van der Waals surface area (Å²) in [6.45, 7) is 0.292. The van der Waals surface area contributed by atoms with Crippen molar-refractivity contribution in [1.82, 2.24) is 15.1 Å². The molecule has 0 amide bonds. The van der Waals surface area contributed by atoms with E-state index >= 15 is 0 Å². The van der Waals surface area contributed by atoms with Gasteiger partial charge in [0.05, 0.1) is 0 Å². The molecule has 6 nitrogen and oxygen atoms in total. The molecule has 0 spiro atoms. The summed E-state index contributed by atoms with van der Waals surface area (Å²) in [4.78, 5) is 8.29. The highest BCUT2D eigenvalue weighted by Crippen LogP contribution is 2.17. The average molecular weight is 220 g/mol. The third kappa shape index (κ3) is 2.07. The van der Waals surface area contributed by atoms with E-state index in [1.54, 1.807) is 19.4 Å². The van der Waals surface area contributed by atoms with E-state index in [-0.39, 0.29) is 6.10 Å². The first-order chi connectivity index (χ1) is 7.85. The summed E-state index contributed by atoms with van der Waals surface area (Å²) in [6.07, 6.45) is 1.30. The Labute approximate surface area is 92.4 Å². The normalized spacial score (nSPS) is 12.6. The van der Waals surface area contributed by atoms with E-state index in [1.807, 2.05) is 12.1 Å². The Hall–Kier alpha value is -1.79. The van der Waals surface area contributed by atoms with Crippen molar-refractivity contribution >= 4 is 0 Å². The predicted molar refractivity (Wildman–Crippen MR) is 56.3 cm³/mol. The molecule has 0 radical (unpaired) electrons. The van der Waals surface area contributed by atoms with Crippen LogP contribution in [0, 0.1) is 0 Å². The van der Waals surface area contributed by atoms with E-state index in [2.05, 4.69) is 15.1 Å². The van der Waals surface area contributed by atoms with Crippen LogP contribution in [0.25, 0.3) is 11.5 Å². The summed E-state index contributed by atoms with van der Waals surface area (Å²) in [5.74, 6) is 0.803. The number of rotatable bonds is 4. The summed E-state index contributed by atoms with van der Waals surface area (Å²) in [5.41, 5.74) is 6.15. The molecule has 0 aromatic carbocycles. The van der Waals surface area contributed by atoms with Crippen LogP contribution in [0.3, 0.4) is 0 Å². The molecule has 2 aromatic heterocycles. The van der Waals surface area contributed by atoms with Crippen LogP contribution in [0.2, 0.25) is 0 Å². The van der Waals surface area contributed by atoms with Gasteiger partial charge in [-0.15, -0.1) is 0 Å². The van der Waals surface area contributed by atoms with Gasteiger partial charge in [-0.2, -0.15) is 4.98 Å². The molecule has 6 heteroatoms. The third-order valence-corrected chi connectivity index (χ3v) is 2.11. The molecule has 0 bridgehead atoms. The van der Waals surface area contributed by atoms with Crippen molar-refractivity contribution in [2.75, 3.05) is 13.7 Å². The maximum absolute atomic E-state index is 5.49. The molecule has 1 unspecified atom stereocenters. The summed E-state index contributed by atoms with van der Waals surface area (Å²) in [5, 5.41) is 3.82. The molecule has 0 fully saturated rings. The van der Waals surface area contributed by atoms with Crippen molar-refractivity contribution in [3.05, 3.63) is 30.3 Å². The predicted octanol–water partition coefficient (Wildman–Crippen LogP) is 0.778. The van der Waals surface area contributed by atoms with Crippen molar-refractivity contribution < 1.29 is 9.26 Å². The average Bonchev–Trinajstić information content (AvgIpc) is 2.81. The Balaban J connectivity index is 2.26. The van der Waals surface area contributed by atoms with Gasteiger partial charge in [0.15, 0.2) is 0 Å². The highest BCUT2D eigenvalue weighted by atomic mass is 16.5. The van der Waals surface area contributed by atoms with Gasteiger partial charge in [-0.1, -0.05) is 11.2 Å². The lowest BCUT2D eigenvalue weighted by Crippen LogP contribution is -2.14. The zero-order valence-electron chi connectivity index (χ0n) is 8.83. The number of methoxy groups -OCH3 is 1. The van der Waals surface area contributed by atoms with E-state index in [9.17, 15) is 0 Å². The fourth-order valence-electron chi connectivity index (χ4n) is 1.26. The molecule has 0 aliphatic carbocycles. The highest BCUT2D eigenvalue weighted by Gasteiger charge is 2.17. The Morgan fingerprint density at radius 1 is 1.50 bits per heavy atom. The summed E-state index contributed by atoms with van der Waals surface area (Å²) in [7, 11) is 1.54. The standard InChI is InChI=1S/C10H12N4O2/c1-15-8(6-11)10-13-9(14-16-10)7-4-2-3-5-12-7/h2-5,8H,6,11H2,1H3. The minimum atomic E-state index is -0.370. The lowest BCUT2D eigenvalue weighted by atomic mass is 10.3. The van der Waals surface area contributed by atoms with Crippen LogP contribution >= 0.6 is 0 Å². The van der Waals surface area contributed by atoms with E-state index in [4.69, 9.17) is 15.0 Å². The number of aromatic nitrogens is 3. The quantitative estimate of drug-likeness (QED) is 0.819. The minimum Gasteiger partial charge on any atom is -0.370 e. The van der Waals surface area contributed by atoms with E-state index < -0.39 is 0 Å². The molecule has 16 heavy (non-hydrogen) atoms. The van der Waals surface area contributed by atoms with E-state index in [0.717, 1.165) is 0 Å². The molecular weight excluding hydrogens is 208 g/mol. The minimum absolute atomic E-state index is 0.292. The molecule has 0 saturated heterocycles. The zero-order chi connectivity index (χ0) is 11.4. The number of pyridine rings is 1. The first-order valence-corrected chi connectivity index (χ1v) is 4.83. The second kappa shape index (κ2) is 4.82. The number of nitrogens with zero attached hydrogens (tertiary/aromatic N) is 3. The van der Waals surface area contributed by atoms with Crippen LogP contribution in [0.4, 0.5) is 0 Å². The Morgan fingerprint density at radius 2 is 2.38 bits per heavy atom. The molecule has 1 atom stereocenters. The fourth-order valence-corrected chi connectivity index (χ4v) is 1.26. The number of ether oxygens (including phenoxy) is 1. The summed E-state index contributed by atoms with van der Waals surface area (Å²) < 4.78 is 10.1. The van der Waals surface area contributed by atoms with Crippen molar-refractivity contribution in [2.45, 2.75) is 6.10 Å². The van der Waals surface area contributed by atoms with Crippen LogP contribution in [-0.4, -0.2) is 28.8 Å². The van der Waals surface area contributed by atoms with Gasteiger partial charge in [-0.3, -0.25) is 4.98 Å². The SMILES string of the molecule is COC(CN)c1nc(-c2ccccn2)no1. The molecular formula is C10H12N4O2. The van der Waals surface area contributed by atoms with E-state index in [1.165, 1.54) is 0 Å². The van der Waals surface area contributed by atoms with Gasteiger partial charge in [0.2, 0.25) is 5.82 Å². The van der Waals surface area contributed by atoms with E-state index in [0.29, 0.717) is 24.0 Å². The van der Waals surface area contributed by atoms with Gasteiger partial charge in [0.1, 0.15) is 11.8 Å². The maximum atomic E-state index is 5.49. The second-order valence-corrected chi connectivity index (χ2v) is 3.13. The third-order valence-electron chi connectivity index (χ3n) is 2.11. The number of hydrogen-bond donors (Lipinski definition) is 1. The van der Waals surface area contributed by atoms with Crippen LogP contribution in [0.15, 0.2) is 28.9 Å². The monoisotopic (exact) mass is 220 g/mol. The highest BCUT2D eigenvalue weighted by molar-refractivity contribution is 5.47. The smallest absolute Gasteiger partial charge is 0.257 e. The van der Waals surface area contributed by atoms with Gasteiger partial charge in [0, 0.05) is 19.9 Å². The molecule has 2 N–H and O–H groups in total. The summed E-state index contributed by atoms with van der Waals surface area (Å²) in [6, 6.07) is 5.48. The molecule has 84 valence electrons. The van der Waals surface area contributed by atoms with Crippen LogP contribution in [0.5, 0.6) is 0 Å². The lowest BCUT2D eigenvalue weighted by molar-refractivity contribution is 0.0804. The van der Waals surface area contributed by atoms with Crippen molar-refractivity contribution in [1.29, 1.82) is 0 Å². The molecule has 2 rings (SSSR count). The Kier molecular flexibility index (Phi) is 3.23. The Morgan fingerprint density at radius 3 is 3.00 bits per heavy atom. The lowest BCUT2D eigenvalue weighted by Gasteiger charge is -2.05. The maximum Gasteiger partial charge on any atom is 0.257 e. The second-order valence-electron chi connectivity index (χ2n) is 3.13. The van der Waals surface area contributed by atoms with Crippen LogP contribution in [-0.2, 0) is 4.74 Å². The van der Waals surface area contributed by atoms with Crippen LogP contribution < -0.4 is 5.73 Å². The van der Waals surface area contributed by atoms with Gasteiger partial charge in [-0.05, 0) is 12.1 Å². The largest absolute Gasteiger partial charge is 0.370 e.